The molecule has 0 bridgehead atoms. The van der Waals surface area contributed by atoms with E-state index in [1.807, 2.05) is 24.4 Å². The number of aryl methyl sites for hydroxylation is 1. The number of aromatic nitrogens is 2. The van der Waals surface area contributed by atoms with E-state index < -0.39 is 0 Å². The van der Waals surface area contributed by atoms with Crippen molar-refractivity contribution >= 4 is 5.91 Å². The number of hydrogen-bond donors (Lipinski definition) is 2. The van der Waals surface area contributed by atoms with Gasteiger partial charge in [-0.05, 0) is 43.9 Å². The van der Waals surface area contributed by atoms with Crippen LogP contribution >= 0.6 is 0 Å². The molecular weight excluding hydrogens is 276 g/mol. The molecule has 2 aromatic rings. The standard InChI is InChI=1S/C17H22N4O/c1-2-21-16-8-4-7-15(14(16)11-20-21)19-10-12-5-3-6-13(9-12)17(18)22/h3,5-6,9,11,15,19H,2,4,7-8,10H2,1H3,(H2,18,22)/t15-/m1/s1. The molecule has 0 unspecified atom stereocenters. The lowest BCUT2D eigenvalue weighted by atomic mass is 9.92. The minimum absolute atomic E-state index is 0.335. The molecule has 116 valence electrons. The highest BCUT2D eigenvalue weighted by atomic mass is 16.1. The summed E-state index contributed by atoms with van der Waals surface area (Å²) in [6.07, 6.45) is 5.41. The van der Waals surface area contributed by atoms with Crippen LogP contribution in [0, 0.1) is 0 Å². The summed E-state index contributed by atoms with van der Waals surface area (Å²) < 4.78 is 2.09. The van der Waals surface area contributed by atoms with Gasteiger partial charge < -0.3 is 11.1 Å². The fourth-order valence-electron chi connectivity index (χ4n) is 3.18. The number of fused-ring (bicyclic) bond motifs is 1. The van der Waals surface area contributed by atoms with Gasteiger partial charge in [0.15, 0.2) is 0 Å². The number of nitrogens with one attached hydrogen (secondary N) is 1. The first-order valence-electron chi connectivity index (χ1n) is 7.85. The molecule has 0 saturated carbocycles. The fourth-order valence-corrected chi connectivity index (χ4v) is 3.18. The van der Waals surface area contributed by atoms with Gasteiger partial charge in [0.1, 0.15) is 0 Å². The molecule has 0 fully saturated rings. The molecule has 1 atom stereocenters. The van der Waals surface area contributed by atoms with E-state index in [1.165, 1.54) is 17.7 Å². The van der Waals surface area contributed by atoms with Crippen molar-refractivity contribution in [2.45, 2.75) is 45.3 Å². The number of nitrogens with two attached hydrogens (primary N) is 1. The lowest BCUT2D eigenvalue weighted by Crippen LogP contribution is -2.25. The third-order valence-electron chi connectivity index (χ3n) is 4.33. The summed E-state index contributed by atoms with van der Waals surface area (Å²) in [7, 11) is 0. The van der Waals surface area contributed by atoms with E-state index in [4.69, 9.17) is 5.73 Å². The number of amides is 1. The van der Waals surface area contributed by atoms with Gasteiger partial charge in [-0.15, -0.1) is 0 Å². The molecule has 0 aliphatic heterocycles. The lowest BCUT2D eigenvalue weighted by Gasteiger charge is -2.24. The highest BCUT2D eigenvalue weighted by Gasteiger charge is 2.23. The van der Waals surface area contributed by atoms with Crippen LogP contribution in [0.2, 0.25) is 0 Å². The van der Waals surface area contributed by atoms with Crippen molar-refractivity contribution < 1.29 is 4.79 Å². The van der Waals surface area contributed by atoms with Crippen LogP contribution in [-0.4, -0.2) is 15.7 Å². The predicted molar refractivity (Wildman–Crippen MR) is 85.4 cm³/mol. The smallest absolute Gasteiger partial charge is 0.248 e. The molecule has 3 N–H and O–H groups in total. The van der Waals surface area contributed by atoms with E-state index in [1.54, 1.807) is 6.07 Å². The van der Waals surface area contributed by atoms with Gasteiger partial charge >= 0.3 is 0 Å². The Kier molecular flexibility index (Phi) is 4.24. The minimum atomic E-state index is -0.383. The van der Waals surface area contributed by atoms with Gasteiger partial charge in [-0.3, -0.25) is 9.48 Å². The van der Waals surface area contributed by atoms with Crippen LogP contribution in [0.1, 0.15) is 53.0 Å². The van der Waals surface area contributed by atoms with Gasteiger partial charge in [0.2, 0.25) is 5.91 Å². The second-order valence-corrected chi connectivity index (χ2v) is 5.75. The Bertz CT molecular complexity index is 677. The van der Waals surface area contributed by atoms with Gasteiger partial charge in [-0.25, -0.2) is 0 Å². The molecule has 1 aliphatic rings. The molecule has 5 nitrogen and oxygen atoms in total. The van der Waals surface area contributed by atoms with Crippen LogP contribution in [-0.2, 0) is 19.5 Å². The average Bonchev–Trinajstić information content (AvgIpc) is 2.97. The summed E-state index contributed by atoms with van der Waals surface area (Å²) in [6.45, 7) is 3.77. The average molecular weight is 298 g/mol. The molecule has 5 heteroatoms. The Hall–Kier alpha value is -2.14. The van der Waals surface area contributed by atoms with Crippen molar-refractivity contribution in [2.24, 2.45) is 5.73 Å². The SMILES string of the molecule is CCn1ncc2c1CCC[C@H]2NCc1cccc(C(N)=O)c1. The Morgan fingerprint density at radius 3 is 3.14 bits per heavy atom. The Balaban J connectivity index is 1.71. The van der Waals surface area contributed by atoms with Gasteiger partial charge in [-0.2, -0.15) is 5.10 Å². The molecule has 1 heterocycles. The van der Waals surface area contributed by atoms with Crippen LogP contribution in [0.15, 0.2) is 30.5 Å². The highest BCUT2D eigenvalue weighted by molar-refractivity contribution is 5.92. The zero-order valence-corrected chi connectivity index (χ0v) is 12.9. The second-order valence-electron chi connectivity index (χ2n) is 5.75. The van der Waals surface area contributed by atoms with Crippen molar-refractivity contribution in [1.82, 2.24) is 15.1 Å². The van der Waals surface area contributed by atoms with Crippen molar-refractivity contribution in [1.29, 1.82) is 0 Å². The monoisotopic (exact) mass is 298 g/mol. The third-order valence-corrected chi connectivity index (χ3v) is 4.33. The van der Waals surface area contributed by atoms with E-state index in [9.17, 15) is 4.79 Å². The Morgan fingerprint density at radius 1 is 1.50 bits per heavy atom. The normalized spacial score (nSPS) is 17.2. The van der Waals surface area contributed by atoms with Crippen LogP contribution in [0.5, 0.6) is 0 Å². The van der Waals surface area contributed by atoms with Crippen LogP contribution in [0.3, 0.4) is 0 Å². The molecule has 0 radical (unpaired) electrons. The number of carbonyl (C=O) groups excluding carboxylic acids is 1. The number of primary amides is 1. The van der Waals surface area contributed by atoms with Gasteiger partial charge in [0.05, 0.1) is 6.20 Å². The van der Waals surface area contributed by atoms with E-state index in [2.05, 4.69) is 22.0 Å². The molecule has 1 amide bonds. The maximum absolute atomic E-state index is 11.2. The molecule has 1 aromatic carbocycles. The van der Waals surface area contributed by atoms with Crippen LogP contribution in [0.25, 0.3) is 0 Å². The first kappa shape index (κ1) is 14.8. The van der Waals surface area contributed by atoms with Gasteiger partial charge in [-0.1, -0.05) is 12.1 Å². The van der Waals surface area contributed by atoms with Crippen molar-refractivity contribution in [3.05, 3.63) is 52.8 Å². The Labute approximate surface area is 130 Å². The molecule has 22 heavy (non-hydrogen) atoms. The summed E-state index contributed by atoms with van der Waals surface area (Å²) in [5.41, 5.74) is 9.64. The molecule has 0 saturated heterocycles. The van der Waals surface area contributed by atoms with Crippen molar-refractivity contribution in [3.63, 3.8) is 0 Å². The number of hydrogen-bond acceptors (Lipinski definition) is 3. The summed E-state index contributed by atoms with van der Waals surface area (Å²) in [5.74, 6) is -0.383. The van der Waals surface area contributed by atoms with Crippen molar-refractivity contribution in [3.8, 4) is 0 Å². The minimum Gasteiger partial charge on any atom is -0.366 e. The largest absolute Gasteiger partial charge is 0.366 e. The summed E-state index contributed by atoms with van der Waals surface area (Å²) in [5, 5.41) is 8.07. The molecule has 0 spiro atoms. The summed E-state index contributed by atoms with van der Waals surface area (Å²) in [6, 6.07) is 7.82. The van der Waals surface area contributed by atoms with Crippen LogP contribution < -0.4 is 11.1 Å². The lowest BCUT2D eigenvalue weighted by molar-refractivity contribution is 0.1000. The number of rotatable bonds is 5. The van der Waals surface area contributed by atoms with E-state index in [0.717, 1.165) is 31.5 Å². The predicted octanol–water partition coefficient (Wildman–Crippen LogP) is 2.17. The maximum atomic E-state index is 11.2. The Morgan fingerprint density at radius 2 is 2.36 bits per heavy atom. The van der Waals surface area contributed by atoms with Gasteiger partial charge in [0.25, 0.3) is 0 Å². The molecule has 1 aliphatic carbocycles. The topological polar surface area (TPSA) is 72.9 Å². The maximum Gasteiger partial charge on any atom is 0.248 e. The number of nitrogens with zero attached hydrogens (tertiary/aromatic N) is 2. The zero-order chi connectivity index (χ0) is 15.5. The summed E-state index contributed by atoms with van der Waals surface area (Å²) >= 11 is 0. The molecular formula is C17H22N4O. The van der Waals surface area contributed by atoms with Crippen molar-refractivity contribution in [2.75, 3.05) is 0 Å². The highest BCUT2D eigenvalue weighted by Crippen LogP contribution is 2.29. The quantitative estimate of drug-likeness (QED) is 0.888. The van der Waals surface area contributed by atoms with Crippen LogP contribution in [0.4, 0.5) is 0 Å². The number of benzene rings is 1. The fraction of sp³-hybridized carbons (Fsp3) is 0.412. The first-order valence-corrected chi connectivity index (χ1v) is 7.85. The summed E-state index contributed by atoms with van der Waals surface area (Å²) in [4.78, 5) is 11.2. The van der Waals surface area contributed by atoms with E-state index >= 15 is 0 Å². The first-order chi connectivity index (χ1) is 10.7. The zero-order valence-electron chi connectivity index (χ0n) is 12.9. The molecule has 3 rings (SSSR count). The van der Waals surface area contributed by atoms with Gasteiger partial charge in [0, 0.05) is 36.0 Å². The number of carbonyl (C=O) groups is 1. The second kappa shape index (κ2) is 6.32. The molecule has 1 aromatic heterocycles. The van der Waals surface area contributed by atoms with E-state index in [-0.39, 0.29) is 5.91 Å². The third kappa shape index (κ3) is 2.90. The van der Waals surface area contributed by atoms with E-state index in [0.29, 0.717) is 11.6 Å².